The fraction of sp³-hybridized carbons (Fsp3) is 0.263. The van der Waals surface area contributed by atoms with E-state index in [0.29, 0.717) is 12.8 Å². The number of aryl methyl sites for hydroxylation is 1. The van der Waals surface area contributed by atoms with Gasteiger partial charge in [-0.15, -0.1) is 0 Å². The van der Waals surface area contributed by atoms with Gasteiger partial charge in [-0.3, -0.25) is 9.78 Å². The van der Waals surface area contributed by atoms with Gasteiger partial charge in [-0.1, -0.05) is 12.1 Å². The first-order chi connectivity index (χ1) is 13.3. The topological polar surface area (TPSA) is 121 Å². The first-order valence-electron chi connectivity index (χ1n) is 8.70. The van der Waals surface area contributed by atoms with E-state index >= 15 is 0 Å². The van der Waals surface area contributed by atoms with Crippen molar-refractivity contribution in [3.63, 3.8) is 0 Å². The standard InChI is InChI=1S/C19H21N3O5S/c1-12(3-4-13-5-7-14(27-2)8-6-13)22-28(25,26)15-9-10-17-16(11-15)18(23)21-19(24)20-17/h5-12,22H,3-4H2,1-2H3,(H2,20,21,23,24). The van der Waals surface area contributed by atoms with Crippen molar-refractivity contribution >= 4 is 20.9 Å². The number of H-pyrrole nitrogens is 2. The van der Waals surface area contributed by atoms with E-state index < -0.39 is 21.3 Å². The summed E-state index contributed by atoms with van der Waals surface area (Å²) in [4.78, 5) is 27.7. The van der Waals surface area contributed by atoms with Crippen LogP contribution in [0.5, 0.6) is 5.75 Å². The van der Waals surface area contributed by atoms with Gasteiger partial charge in [0.2, 0.25) is 10.0 Å². The van der Waals surface area contributed by atoms with Gasteiger partial charge in [0.05, 0.1) is 22.9 Å². The van der Waals surface area contributed by atoms with Crippen molar-refractivity contribution in [2.45, 2.75) is 30.7 Å². The number of benzene rings is 2. The predicted molar refractivity (Wildman–Crippen MR) is 106 cm³/mol. The first kappa shape index (κ1) is 19.8. The zero-order valence-electron chi connectivity index (χ0n) is 15.5. The van der Waals surface area contributed by atoms with Crippen LogP contribution in [0.15, 0.2) is 56.9 Å². The number of hydrogen-bond donors (Lipinski definition) is 3. The number of nitrogens with one attached hydrogen (secondary N) is 3. The van der Waals surface area contributed by atoms with Crippen LogP contribution in [-0.4, -0.2) is 31.5 Å². The monoisotopic (exact) mass is 403 g/mol. The van der Waals surface area contributed by atoms with Crippen LogP contribution in [0.1, 0.15) is 18.9 Å². The van der Waals surface area contributed by atoms with Gasteiger partial charge in [-0.05, 0) is 55.7 Å². The molecule has 0 aliphatic carbocycles. The van der Waals surface area contributed by atoms with Crippen LogP contribution in [0.2, 0.25) is 0 Å². The second-order valence-electron chi connectivity index (χ2n) is 6.52. The molecule has 9 heteroatoms. The molecule has 0 saturated carbocycles. The van der Waals surface area contributed by atoms with Crippen molar-refractivity contribution < 1.29 is 13.2 Å². The second-order valence-corrected chi connectivity index (χ2v) is 8.24. The third-order valence-corrected chi connectivity index (χ3v) is 5.99. The molecule has 3 aromatic rings. The zero-order chi connectivity index (χ0) is 20.3. The average molecular weight is 403 g/mol. The van der Waals surface area contributed by atoms with E-state index in [4.69, 9.17) is 4.74 Å². The Labute approximate surface area is 161 Å². The van der Waals surface area contributed by atoms with Gasteiger partial charge < -0.3 is 9.72 Å². The second kappa shape index (κ2) is 7.99. The molecule has 148 valence electrons. The Morgan fingerprint density at radius 3 is 2.46 bits per heavy atom. The zero-order valence-corrected chi connectivity index (χ0v) is 16.3. The molecule has 2 aromatic carbocycles. The fourth-order valence-electron chi connectivity index (χ4n) is 2.88. The van der Waals surface area contributed by atoms with Crippen LogP contribution >= 0.6 is 0 Å². The highest BCUT2D eigenvalue weighted by Gasteiger charge is 2.18. The summed E-state index contributed by atoms with van der Waals surface area (Å²) in [6.45, 7) is 1.78. The van der Waals surface area contributed by atoms with Crippen molar-refractivity contribution in [1.82, 2.24) is 14.7 Å². The van der Waals surface area contributed by atoms with Crippen molar-refractivity contribution in [3.8, 4) is 5.75 Å². The van der Waals surface area contributed by atoms with Crippen LogP contribution in [0.25, 0.3) is 10.9 Å². The Kier molecular flexibility index (Phi) is 5.66. The molecule has 28 heavy (non-hydrogen) atoms. The molecule has 1 unspecified atom stereocenters. The molecule has 1 atom stereocenters. The molecular formula is C19H21N3O5S. The van der Waals surface area contributed by atoms with Gasteiger partial charge in [0, 0.05) is 6.04 Å². The number of methoxy groups -OCH3 is 1. The molecule has 3 N–H and O–H groups in total. The summed E-state index contributed by atoms with van der Waals surface area (Å²) >= 11 is 0. The van der Waals surface area contributed by atoms with E-state index in [1.807, 2.05) is 24.3 Å². The minimum Gasteiger partial charge on any atom is -0.497 e. The molecule has 0 aliphatic rings. The third kappa shape index (κ3) is 4.49. The fourth-order valence-corrected chi connectivity index (χ4v) is 4.18. The van der Waals surface area contributed by atoms with Crippen LogP contribution in [-0.2, 0) is 16.4 Å². The minimum absolute atomic E-state index is 0.0335. The van der Waals surface area contributed by atoms with Crippen molar-refractivity contribution in [2.75, 3.05) is 7.11 Å². The largest absolute Gasteiger partial charge is 0.497 e. The lowest BCUT2D eigenvalue weighted by Gasteiger charge is -2.14. The van der Waals surface area contributed by atoms with Crippen LogP contribution < -0.4 is 20.7 Å². The van der Waals surface area contributed by atoms with Gasteiger partial charge in [0.25, 0.3) is 5.56 Å². The van der Waals surface area contributed by atoms with E-state index in [2.05, 4.69) is 14.7 Å². The molecule has 0 fully saturated rings. The van der Waals surface area contributed by atoms with Crippen LogP contribution in [0.4, 0.5) is 0 Å². The minimum atomic E-state index is -3.81. The maximum Gasteiger partial charge on any atom is 0.326 e. The van der Waals surface area contributed by atoms with Crippen molar-refractivity contribution in [1.29, 1.82) is 0 Å². The third-order valence-electron chi connectivity index (χ3n) is 4.40. The number of aromatic nitrogens is 2. The summed E-state index contributed by atoms with van der Waals surface area (Å²) < 4.78 is 33.0. The average Bonchev–Trinajstić information content (AvgIpc) is 2.66. The maximum absolute atomic E-state index is 12.6. The summed E-state index contributed by atoms with van der Waals surface area (Å²) in [7, 11) is -2.21. The Morgan fingerprint density at radius 2 is 1.79 bits per heavy atom. The number of rotatable bonds is 7. The van der Waals surface area contributed by atoms with Crippen LogP contribution in [0, 0.1) is 0 Å². The van der Waals surface area contributed by atoms with Gasteiger partial charge in [0.15, 0.2) is 0 Å². The quantitative estimate of drug-likeness (QED) is 0.552. The normalized spacial score (nSPS) is 12.8. The highest BCUT2D eigenvalue weighted by Crippen LogP contribution is 2.16. The SMILES string of the molecule is COc1ccc(CCC(C)NS(=O)(=O)c2ccc3[nH]c(=O)[nH]c(=O)c3c2)cc1. The molecular weight excluding hydrogens is 382 g/mol. The number of sulfonamides is 1. The summed E-state index contributed by atoms with van der Waals surface area (Å²) in [5.41, 5.74) is 0.0787. The Bertz CT molecular complexity index is 1200. The lowest BCUT2D eigenvalue weighted by atomic mass is 10.1. The van der Waals surface area contributed by atoms with Crippen LogP contribution in [0.3, 0.4) is 0 Å². The van der Waals surface area contributed by atoms with Gasteiger partial charge >= 0.3 is 5.69 Å². The van der Waals surface area contributed by atoms with Gasteiger partial charge in [-0.2, -0.15) is 0 Å². The van der Waals surface area contributed by atoms with E-state index in [9.17, 15) is 18.0 Å². The van der Waals surface area contributed by atoms with Gasteiger partial charge in [-0.25, -0.2) is 17.9 Å². The van der Waals surface area contributed by atoms with Crippen molar-refractivity contribution in [3.05, 3.63) is 68.9 Å². The Balaban J connectivity index is 1.72. The molecule has 1 heterocycles. The molecule has 8 nitrogen and oxygen atoms in total. The Morgan fingerprint density at radius 1 is 1.07 bits per heavy atom. The van der Waals surface area contributed by atoms with E-state index in [-0.39, 0.29) is 21.8 Å². The lowest BCUT2D eigenvalue weighted by molar-refractivity contribution is 0.414. The number of aromatic amines is 2. The van der Waals surface area contributed by atoms with Gasteiger partial charge in [0.1, 0.15) is 5.75 Å². The molecule has 0 aliphatic heterocycles. The molecule has 0 saturated heterocycles. The lowest BCUT2D eigenvalue weighted by Crippen LogP contribution is -2.33. The highest BCUT2D eigenvalue weighted by atomic mass is 32.2. The number of hydrogen-bond acceptors (Lipinski definition) is 5. The maximum atomic E-state index is 12.6. The molecule has 0 spiro atoms. The summed E-state index contributed by atoms with van der Waals surface area (Å²) in [5.74, 6) is 0.769. The van der Waals surface area contributed by atoms with E-state index in [1.165, 1.54) is 18.2 Å². The molecule has 0 bridgehead atoms. The molecule has 0 amide bonds. The Hall–Kier alpha value is -2.91. The summed E-state index contributed by atoms with van der Waals surface area (Å²) in [6.07, 6.45) is 1.30. The molecule has 1 aromatic heterocycles. The van der Waals surface area contributed by atoms with E-state index in [0.717, 1.165) is 11.3 Å². The predicted octanol–water partition coefficient (Wildman–Crippen LogP) is 1.52. The molecule has 0 radical (unpaired) electrons. The summed E-state index contributed by atoms with van der Waals surface area (Å²) in [5, 5.41) is 0.105. The highest BCUT2D eigenvalue weighted by molar-refractivity contribution is 7.89. The smallest absolute Gasteiger partial charge is 0.326 e. The number of ether oxygens (including phenoxy) is 1. The first-order valence-corrected chi connectivity index (χ1v) is 10.2. The van der Waals surface area contributed by atoms with Crippen molar-refractivity contribution in [2.24, 2.45) is 0 Å². The summed E-state index contributed by atoms with van der Waals surface area (Å²) in [6, 6.07) is 11.3. The number of fused-ring (bicyclic) bond motifs is 1. The van der Waals surface area contributed by atoms with E-state index in [1.54, 1.807) is 14.0 Å². The molecule has 3 rings (SSSR count).